The molecule has 4 nitrogen and oxygen atoms in total. The van der Waals surface area contributed by atoms with Gasteiger partial charge in [0.05, 0.1) is 15.4 Å². The fraction of sp³-hybridized carbons (Fsp3) is 0. The molecule has 0 aliphatic heterocycles. The lowest BCUT2D eigenvalue weighted by Gasteiger charge is -2.23. The molecule has 0 N–H and O–H groups in total. The van der Waals surface area contributed by atoms with Crippen LogP contribution in [0.2, 0.25) is 0 Å². The summed E-state index contributed by atoms with van der Waals surface area (Å²) < 4.78 is 6.32. The number of thiophene rings is 2. The second-order valence-corrected chi connectivity index (χ2v) is 10.0. The first-order chi connectivity index (χ1) is 16.7. The monoisotopic (exact) mass is 477 g/mol. The third kappa shape index (κ3) is 2.70. The average Bonchev–Trinajstić information content (AvgIpc) is 3.61. The smallest absolute Gasteiger partial charge is 0.205 e. The Morgan fingerprint density at radius 3 is 2.35 bits per heavy atom. The highest BCUT2D eigenvalue weighted by atomic mass is 32.1. The molecule has 6 aromatic rings. The predicted molar refractivity (Wildman–Crippen MR) is 137 cm³/mol. The number of hydrogen-bond acceptors (Lipinski definition) is 6. The van der Waals surface area contributed by atoms with Gasteiger partial charge in [-0.2, -0.15) is 0 Å². The Hall–Kier alpha value is -4.00. The second kappa shape index (κ2) is 7.25. The summed E-state index contributed by atoms with van der Waals surface area (Å²) in [7, 11) is 0. The van der Waals surface area contributed by atoms with E-state index in [2.05, 4.69) is 17.0 Å². The van der Waals surface area contributed by atoms with Gasteiger partial charge in [-0.05, 0) is 41.8 Å². The number of rotatable bonds is 3. The molecule has 34 heavy (non-hydrogen) atoms. The molecule has 0 spiro atoms. The van der Waals surface area contributed by atoms with Crippen LogP contribution in [0.15, 0.2) is 94.7 Å². The molecular weight excluding hydrogens is 462 g/mol. The van der Waals surface area contributed by atoms with E-state index in [0.29, 0.717) is 20.9 Å². The van der Waals surface area contributed by atoms with E-state index in [1.165, 1.54) is 22.7 Å². The molecule has 1 aliphatic rings. The lowest BCUT2D eigenvalue weighted by atomic mass is 9.96. The molecule has 1 aliphatic carbocycles. The fourth-order valence-corrected chi connectivity index (χ4v) is 6.59. The zero-order valence-electron chi connectivity index (χ0n) is 17.6. The Labute approximate surface area is 202 Å². The van der Waals surface area contributed by atoms with Crippen molar-refractivity contribution in [1.29, 1.82) is 0 Å². The topological polar surface area (TPSA) is 50.5 Å². The second-order valence-electron chi connectivity index (χ2n) is 8.07. The molecule has 0 amide bonds. The van der Waals surface area contributed by atoms with Crippen molar-refractivity contribution in [2.75, 3.05) is 4.90 Å². The molecule has 6 heteroatoms. The molecule has 7 rings (SSSR count). The van der Waals surface area contributed by atoms with Gasteiger partial charge in [-0.15, -0.1) is 22.7 Å². The summed E-state index contributed by atoms with van der Waals surface area (Å²) in [5, 5.41) is 4.66. The number of benzene rings is 3. The highest BCUT2D eigenvalue weighted by Crippen LogP contribution is 2.47. The predicted octanol–water partition coefficient (Wildman–Crippen LogP) is 7.95. The lowest BCUT2D eigenvalue weighted by Crippen LogP contribution is -2.15. The van der Waals surface area contributed by atoms with Gasteiger partial charge in [0.1, 0.15) is 10.6 Å². The van der Waals surface area contributed by atoms with E-state index >= 15 is 0 Å². The molecule has 0 radical (unpaired) electrons. The molecule has 162 valence electrons. The first-order valence-electron chi connectivity index (χ1n) is 10.8. The molecule has 0 unspecified atom stereocenters. The van der Waals surface area contributed by atoms with Gasteiger partial charge >= 0.3 is 0 Å². The Morgan fingerprint density at radius 2 is 1.47 bits per heavy atom. The summed E-state index contributed by atoms with van der Waals surface area (Å²) in [4.78, 5) is 29.4. The number of para-hydroxylation sites is 3. The van der Waals surface area contributed by atoms with Gasteiger partial charge in [0, 0.05) is 27.6 Å². The lowest BCUT2D eigenvalue weighted by molar-refractivity contribution is 0.0986. The van der Waals surface area contributed by atoms with E-state index in [1.54, 1.807) is 11.4 Å². The van der Waals surface area contributed by atoms with Crippen LogP contribution >= 0.6 is 22.7 Å². The molecule has 3 aromatic carbocycles. The first kappa shape index (κ1) is 19.5. The van der Waals surface area contributed by atoms with Crippen molar-refractivity contribution < 1.29 is 14.0 Å². The standard InChI is InChI=1S/C28H15NO3S2/c30-24-19-13-14-33-27(19)25(31)20-15-23(34-28(20)24)29(16-7-2-1-3-8-16)21-11-6-10-18-17-9-4-5-12-22(17)32-26(18)21/h1-15H. The van der Waals surface area contributed by atoms with Gasteiger partial charge in [0.15, 0.2) is 5.58 Å². The third-order valence-corrected chi connectivity index (χ3v) is 8.18. The Kier molecular flexibility index (Phi) is 4.15. The molecule has 0 atom stereocenters. The highest BCUT2D eigenvalue weighted by Gasteiger charge is 2.34. The van der Waals surface area contributed by atoms with Crippen molar-refractivity contribution in [3.63, 3.8) is 0 Å². The maximum absolute atomic E-state index is 13.2. The van der Waals surface area contributed by atoms with Crippen LogP contribution in [0, 0.1) is 0 Å². The van der Waals surface area contributed by atoms with Crippen LogP contribution in [0.25, 0.3) is 21.9 Å². The van der Waals surface area contributed by atoms with Crippen LogP contribution in [0.5, 0.6) is 0 Å². The van der Waals surface area contributed by atoms with E-state index in [4.69, 9.17) is 4.42 Å². The van der Waals surface area contributed by atoms with Crippen molar-refractivity contribution in [2.45, 2.75) is 0 Å². The number of fused-ring (bicyclic) bond motifs is 5. The molecule has 3 heterocycles. The van der Waals surface area contributed by atoms with Crippen molar-refractivity contribution in [3.05, 3.63) is 111 Å². The summed E-state index contributed by atoms with van der Waals surface area (Å²) in [6.45, 7) is 0. The molecule has 0 saturated carbocycles. The zero-order chi connectivity index (χ0) is 22.8. The number of nitrogens with zero attached hydrogens (tertiary/aromatic N) is 1. The van der Waals surface area contributed by atoms with Gasteiger partial charge in [0.25, 0.3) is 0 Å². The minimum Gasteiger partial charge on any atom is -0.454 e. The summed E-state index contributed by atoms with van der Waals surface area (Å²) in [6.07, 6.45) is 0. The fourth-order valence-electron chi connectivity index (χ4n) is 4.60. The molecule has 3 aromatic heterocycles. The quantitative estimate of drug-likeness (QED) is 0.259. The minimum atomic E-state index is -0.0861. The van der Waals surface area contributed by atoms with Crippen LogP contribution < -0.4 is 4.90 Å². The van der Waals surface area contributed by atoms with E-state index < -0.39 is 0 Å². The minimum absolute atomic E-state index is 0.0861. The van der Waals surface area contributed by atoms with E-state index in [1.807, 2.05) is 66.7 Å². The van der Waals surface area contributed by atoms with Crippen molar-refractivity contribution in [2.24, 2.45) is 0 Å². The van der Waals surface area contributed by atoms with Crippen LogP contribution in [0.1, 0.15) is 30.5 Å². The molecular formula is C28H15NO3S2. The van der Waals surface area contributed by atoms with E-state index in [-0.39, 0.29) is 11.6 Å². The third-order valence-electron chi connectivity index (χ3n) is 6.15. The van der Waals surface area contributed by atoms with Crippen LogP contribution in [0.4, 0.5) is 16.4 Å². The van der Waals surface area contributed by atoms with Gasteiger partial charge in [0.2, 0.25) is 11.6 Å². The number of anilines is 3. The van der Waals surface area contributed by atoms with Gasteiger partial charge in [-0.3, -0.25) is 14.5 Å². The summed E-state index contributed by atoms with van der Waals surface area (Å²) in [5.41, 5.74) is 4.32. The van der Waals surface area contributed by atoms with Crippen molar-refractivity contribution in [1.82, 2.24) is 0 Å². The first-order valence-corrected chi connectivity index (χ1v) is 12.5. The summed E-state index contributed by atoms with van der Waals surface area (Å²) >= 11 is 2.67. The number of carbonyl (C=O) groups excluding carboxylic acids is 2. The summed E-state index contributed by atoms with van der Waals surface area (Å²) in [6, 6.07) is 27.6. The van der Waals surface area contributed by atoms with Crippen LogP contribution in [0.3, 0.4) is 0 Å². The van der Waals surface area contributed by atoms with Gasteiger partial charge in [-0.1, -0.05) is 48.5 Å². The largest absolute Gasteiger partial charge is 0.454 e. The number of furan rings is 1. The molecule has 0 fully saturated rings. The molecule has 0 bridgehead atoms. The van der Waals surface area contributed by atoms with Crippen LogP contribution in [-0.2, 0) is 0 Å². The Morgan fingerprint density at radius 1 is 0.706 bits per heavy atom. The van der Waals surface area contributed by atoms with Crippen LogP contribution in [-0.4, -0.2) is 11.6 Å². The van der Waals surface area contributed by atoms with Crippen molar-refractivity contribution >= 4 is 72.6 Å². The number of ketones is 2. The Balaban J connectivity index is 1.48. The van der Waals surface area contributed by atoms with Crippen molar-refractivity contribution in [3.8, 4) is 0 Å². The van der Waals surface area contributed by atoms with Gasteiger partial charge in [-0.25, -0.2) is 0 Å². The average molecular weight is 478 g/mol. The van der Waals surface area contributed by atoms with Gasteiger partial charge < -0.3 is 4.42 Å². The van der Waals surface area contributed by atoms with E-state index in [0.717, 1.165) is 38.3 Å². The Bertz CT molecular complexity index is 1710. The maximum Gasteiger partial charge on any atom is 0.205 e. The van der Waals surface area contributed by atoms with E-state index in [9.17, 15) is 9.59 Å². The zero-order valence-corrected chi connectivity index (χ0v) is 19.3. The number of carbonyl (C=O) groups is 2. The maximum atomic E-state index is 13.2. The molecule has 0 saturated heterocycles. The highest BCUT2D eigenvalue weighted by molar-refractivity contribution is 7.19. The normalized spacial score (nSPS) is 12.8. The number of hydrogen-bond donors (Lipinski definition) is 0. The summed E-state index contributed by atoms with van der Waals surface area (Å²) in [5.74, 6) is -0.172. The SMILES string of the molecule is O=C1c2cc(N(c3ccccc3)c3cccc4c3oc3ccccc34)sc2C(=O)c2ccsc21.